The lowest BCUT2D eigenvalue weighted by atomic mass is 9.77. The van der Waals surface area contributed by atoms with Gasteiger partial charge in [0.25, 0.3) is 0 Å². The standard InChI is InChI=1S/C17H22N2O6/c1-2-24-16(23)18-7-4-10(5-8-18)19-9-17-6-3-11(25-17)12(15(21)22)13(17)14(19)20/h3,6,10-13H,2,4-5,7-9H2,1H3,(H,21,22)/t11-,12-,13+,17-/m0/s1. The molecular weight excluding hydrogens is 328 g/mol. The predicted molar refractivity (Wildman–Crippen MR) is 84.7 cm³/mol. The minimum Gasteiger partial charge on any atom is -0.481 e. The summed E-state index contributed by atoms with van der Waals surface area (Å²) >= 11 is 0. The third-order valence-electron chi connectivity index (χ3n) is 5.85. The fraction of sp³-hybridized carbons (Fsp3) is 0.706. The topological polar surface area (TPSA) is 96.4 Å². The number of nitrogens with zero attached hydrogens (tertiary/aromatic N) is 2. The van der Waals surface area contributed by atoms with Gasteiger partial charge in [-0.15, -0.1) is 0 Å². The summed E-state index contributed by atoms with van der Waals surface area (Å²) < 4.78 is 10.9. The van der Waals surface area contributed by atoms with Crippen LogP contribution in [0.15, 0.2) is 12.2 Å². The van der Waals surface area contributed by atoms with Gasteiger partial charge < -0.3 is 24.4 Å². The van der Waals surface area contributed by atoms with Crippen molar-refractivity contribution in [2.24, 2.45) is 11.8 Å². The summed E-state index contributed by atoms with van der Waals surface area (Å²) in [6, 6.07) is 0.00338. The van der Waals surface area contributed by atoms with Crippen LogP contribution in [0, 0.1) is 11.8 Å². The van der Waals surface area contributed by atoms with Crippen LogP contribution in [-0.2, 0) is 19.1 Å². The van der Waals surface area contributed by atoms with E-state index in [-0.39, 0.29) is 18.0 Å². The highest BCUT2D eigenvalue weighted by atomic mass is 16.6. The van der Waals surface area contributed by atoms with E-state index in [1.165, 1.54) is 0 Å². The number of carbonyl (C=O) groups excluding carboxylic acids is 2. The molecule has 1 N–H and O–H groups in total. The van der Waals surface area contributed by atoms with Crippen molar-refractivity contribution >= 4 is 18.0 Å². The van der Waals surface area contributed by atoms with Gasteiger partial charge in [-0.25, -0.2) is 4.79 Å². The van der Waals surface area contributed by atoms with Gasteiger partial charge in [-0.1, -0.05) is 12.2 Å². The smallest absolute Gasteiger partial charge is 0.409 e. The average molecular weight is 350 g/mol. The van der Waals surface area contributed by atoms with Crippen molar-refractivity contribution < 1.29 is 29.0 Å². The van der Waals surface area contributed by atoms with Crippen molar-refractivity contribution in [3.05, 3.63) is 12.2 Å². The fourth-order valence-corrected chi connectivity index (χ4v) is 4.69. The quantitative estimate of drug-likeness (QED) is 0.744. The summed E-state index contributed by atoms with van der Waals surface area (Å²) in [4.78, 5) is 39.8. The number of fused-ring (bicyclic) bond motifs is 1. The maximum absolute atomic E-state index is 12.9. The molecule has 0 aliphatic carbocycles. The Morgan fingerprint density at radius 2 is 2.12 bits per heavy atom. The van der Waals surface area contributed by atoms with E-state index in [1.807, 2.05) is 6.08 Å². The largest absolute Gasteiger partial charge is 0.481 e. The van der Waals surface area contributed by atoms with Crippen LogP contribution in [0.2, 0.25) is 0 Å². The third-order valence-corrected chi connectivity index (χ3v) is 5.85. The molecule has 3 saturated heterocycles. The van der Waals surface area contributed by atoms with E-state index in [9.17, 15) is 19.5 Å². The molecule has 1 spiro atoms. The Bertz CT molecular complexity index is 641. The van der Waals surface area contributed by atoms with Crippen LogP contribution in [0.25, 0.3) is 0 Å². The monoisotopic (exact) mass is 350 g/mol. The number of hydrogen-bond acceptors (Lipinski definition) is 5. The molecule has 0 aromatic heterocycles. The number of rotatable bonds is 3. The van der Waals surface area contributed by atoms with Gasteiger partial charge in [-0.05, 0) is 19.8 Å². The van der Waals surface area contributed by atoms with Crippen molar-refractivity contribution in [3.8, 4) is 0 Å². The van der Waals surface area contributed by atoms with E-state index in [2.05, 4.69) is 0 Å². The molecule has 0 saturated carbocycles. The molecule has 8 nitrogen and oxygen atoms in total. The number of piperidine rings is 1. The molecule has 0 aromatic rings. The summed E-state index contributed by atoms with van der Waals surface area (Å²) in [5, 5.41) is 9.50. The number of hydrogen-bond donors (Lipinski definition) is 1. The number of carboxylic acid groups (broad SMARTS) is 1. The summed E-state index contributed by atoms with van der Waals surface area (Å²) in [6.45, 7) is 3.58. The van der Waals surface area contributed by atoms with Crippen LogP contribution in [0.4, 0.5) is 4.79 Å². The van der Waals surface area contributed by atoms with Gasteiger partial charge in [-0.3, -0.25) is 9.59 Å². The zero-order valence-electron chi connectivity index (χ0n) is 14.1. The SMILES string of the molecule is CCOC(=O)N1CCC(N2C[C@]34C=C[C@H](O3)[C@H](C(=O)O)[C@@H]4C2=O)CC1. The lowest BCUT2D eigenvalue weighted by molar-refractivity contribution is -0.148. The number of ether oxygens (including phenoxy) is 2. The Morgan fingerprint density at radius 3 is 2.76 bits per heavy atom. The normalized spacial score (nSPS) is 36.8. The van der Waals surface area contributed by atoms with E-state index < -0.39 is 29.5 Å². The summed E-state index contributed by atoms with van der Waals surface area (Å²) in [5.41, 5.74) is -0.789. The van der Waals surface area contributed by atoms with Crippen LogP contribution < -0.4 is 0 Å². The molecular formula is C17H22N2O6. The van der Waals surface area contributed by atoms with Crippen LogP contribution >= 0.6 is 0 Å². The molecule has 2 amide bonds. The summed E-state index contributed by atoms with van der Waals surface area (Å²) in [6.07, 6.45) is 4.15. The molecule has 25 heavy (non-hydrogen) atoms. The summed E-state index contributed by atoms with van der Waals surface area (Å²) in [5.74, 6) is -2.55. The van der Waals surface area contributed by atoms with Crippen molar-refractivity contribution in [2.75, 3.05) is 26.2 Å². The van der Waals surface area contributed by atoms with E-state index in [0.717, 1.165) is 0 Å². The number of carboxylic acids is 1. The Hall–Kier alpha value is -2.09. The number of likely N-dealkylation sites (tertiary alicyclic amines) is 2. The van der Waals surface area contributed by atoms with Crippen molar-refractivity contribution in [2.45, 2.75) is 37.5 Å². The van der Waals surface area contributed by atoms with E-state index in [1.54, 1.807) is 22.8 Å². The van der Waals surface area contributed by atoms with Crippen molar-refractivity contribution in [1.29, 1.82) is 0 Å². The molecule has 0 radical (unpaired) electrons. The Balaban J connectivity index is 1.46. The molecule has 2 bridgehead atoms. The first-order valence-electron chi connectivity index (χ1n) is 8.79. The zero-order chi connectivity index (χ0) is 17.8. The average Bonchev–Trinajstić information content (AvgIpc) is 3.23. The molecule has 4 heterocycles. The van der Waals surface area contributed by atoms with Gasteiger partial charge >= 0.3 is 12.1 Å². The molecule has 0 aromatic carbocycles. The van der Waals surface area contributed by atoms with E-state index in [4.69, 9.17) is 9.47 Å². The minimum atomic E-state index is -0.978. The number of amides is 2. The van der Waals surface area contributed by atoms with Gasteiger partial charge in [0.15, 0.2) is 0 Å². The first-order chi connectivity index (χ1) is 12.0. The minimum absolute atomic E-state index is 0.00338. The Kier molecular flexibility index (Phi) is 3.75. The third kappa shape index (κ3) is 2.34. The maximum atomic E-state index is 12.9. The van der Waals surface area contributed by atoms with Gasteiger partial charge in [0.1, 0.15) is 11.5 Å². The zero-order valence-corrected chi connectivity index (χ0v) is 14.1. The molecule has 4 atom stereocenters. The highest BCUT2D eigenvalue weighted by Gasteiger charge is 2.67. The lowest BCUT2D eigenvalue weighted by Crippen LogP contribution is -2.48. The lowest BCUT2D eigenvalue weighted by Gasteiger charge is -2.37. The second-order valence-electron chi connectivity index (χ2n) is 7.12. The molecule has 136 valence electrons. The molecule has 4 aliphatic rings. The van der Waals surface area contributed by atoms with Crippen LogP contribution in [0.1, 0.15) is 19.8 Å². The first kappa shape index (κ1) is 16.4. The molecule has 4 rings (SSSR count). The summed E-state index contributed by atoms with van der Waals surface area (Å²) in [7, 11) is 0. The molecule has 3 fully saturated rings. The van der Waals surface area contributed by atoms with Gasteiger partial charge in [-0.2, -0.15) is 0 Å². The van der Waals surface area contributed by atoms with Gasteiger partial charge in [0, 0.05) is 19.1 Å². The Labute approximate surface area is 145 Å². The molecule has 4 aliphatic heterocycles. The predicted octanol–water partition coefficient (Wildman–Crippen LogP) is 0.474. The number of carbonyl (C=O) groups is 3. The second kappa shape index (κ2) is 5.72. The number of aliphatic carboxylic acids is 1. The van der Waals surface area contributed by atoms with E-state index in [0.29, 0.717) is 39.1 Å². The van der Waals surface area contributed by atoms with Gasteiger partial charge in [0.2, 0.25) is 5.91 Å². The molecule has 8 heteroatoms. The first-order valence-corrected chi connectivity index (χ1v) is 8.79. The maximum Gasteiger partial charge on any atom is 0.409 e. The molecule has 0 unspecified atom stereocenters. The van der Waals surface area contributed by atoms with E-state index >= 15 is 0 Å². The van der Waals surface area contributed by atoms with Crippen molar-refractivity contribution in [3.63, 3.8) is 0 Å². The fourth-order valence-electron chi connectivity index (χ4n) is 4.69. The van der Waals surface area contributed by atoms with Crippen LogP contribution in [0.3, 0.4) is 0 Å². The van der Waals surface area contributed by atoms with Crippen LogP contribution in [0.5, 0.6) is 0 Å². The van der Waals surface area contributed by atoms with Gasteiger partial charge in [0.05, 0.1) is 25.2 Å². The second-order valence-corrected chi connectivity index (χ2v) is 7.12. The Morgan fingerprint density at radius 1 is 1.40 bits per heavy atom. The van der Waals surface area contributed by atoms with Crippen molar-refractivity contribution in [1.82, 2.24) is 9.80 Å². The van der Waals surface area contributed by atoms with Crippen LogP contribution in [-0.4, -0.2) is 76.9 Å². The highest BCUT2D eigenvalue weighted by molar-refractivity contribution is 5.91. The highest BCUT2D eigenvalue weighted by Crippen LogP contribution is 2.52.